The van der Waals surface area contributed by atoms with Gasteiger partial charge in [-0.1, -0.05) is 59.6 Å². The number of carboxylic acids is 2. The number of nitrogens with one attached hydrogen (secondary N) is 4. The second kappa shape index (κ2) is 18.5. The van der Waals surface area contributed by atoms with Gasteiger partial charge in [-0.15, -0.1) is 0 Å². The molecular weight excluding hydrogens is 831 g/mol. The second-order valence-electron chi connectivity index (χ2n) is 11.9. The van der Waals surface area contributed by atoms with Crippen molar-refractivity contribution >= 4 is 89.8 Å². The largest absolute Gasteiger partial charge is 0.478 e. The van der Waals surface area contributed by atoms with Crippen LogP contribution in [0, 0.1) is 0 Å². The van der Waals surface area contributed by atoms with Gasteiger partial charge in [0.1, 0.15) is 0 Å². The number of sulfonamides is 2. The van der Waals surface area contributed by atoms with Crippen LogP contribution >= 0.6 is 23.2 Å². The topological polar surface area (TPSA) is 225 Å². The monoisotopic (exact) mass is 860 g/mol. The third-order valence-electron chi connectivity index (χ3n) is 7.83. The average molecular weight is 862 g/mol. The van der Waals surface area contributed by atoms with E-state index in [4.69, 9.17) is 33.4 Å². The Kier molecular flexibility index (Phi) is 13.5. The highest BCUT2D eigenvalue weighted by Gasteiger charge is 2.19. The van der Waals surface area contributed by atoms with Crippen molar-refractivity contribution in [2.24, 2.45) is 0 Å². The van der Waals surface area contributed by atoms with Gasteiger partial charge >= 0.3 is 11.9 Å². The smallest absolute Gasteiger partial charge is 0.335 e. The number of carbonyl (C=O) groups is 4. The minimum absolute atomic E-state index is 0.0596. The summed E-state index contributed by atoms with van der Waals surface area (Å²) in [5.74, 6) is -3.17. The van der Waals surface area contributed by atoms with Crippen LogP contribution in [-0.2, 0) is 20.0 Å². The van der Waals surface area contributed by atoms with E-state index in [1.807, 2.05) is 0 Å². The number of amides is 2. The summed E-state index contributed by atoms with van der Waals surface area (Å²) in [6.07, 6.45) is 0. The zero-order chi connectivity index (χ0) is 42.0. The summed E-state index contributed by atoms with van der Waals surface area (Å²) in [5, 5.41) is 23.3. The molecule has 0 aliphatic heterocycles. The fourth-order valence-electron chi connectivity index (χ4n) is 4.89. The third-order valence-corrected chi connectivity index (χ3v) is 11.3. The fourth-order valence-corrected chi connectivity index (χ4v) is 7.52. The van der Waals surface area contributed by atoms with Crippen molar-refractivity contribution < 1.29 is 46.2 Å². The SMILES string of the molecule is O=C(O)c1ccc(NC(=O)c2ccc(Cl)c(NS(=O)(=O)c3ccccc3)c2)cc1.O=C(O)c1ccc(NC(=O)c2ccc(Cl)c(NS(=O)(=O)c3ccccc3)c2)cc1. The van der Waals surface area contributed by atoms with Gasteiger partial charge in [0.2, 0.25) is 0 Å². The van der Waals surface area contributed by atoms with Gasteiger partial charge in [0.05, 0.1) is 42.3 Å². The molecule has 0 unspecified atom stereocenters. The van der Waals surface area contributed by atoms with E-state index >= 15 is 0 Å². The molecule has 0 saturated carbocycles. The van der Waals surface area contributed by atoms with Gasteiger partial charge in [0, 0.05) is 22.5 Å². The van der Waals surface area contributed by atoms with Crippen molar-refractivity contribution in [3.05, 3.63) is 178 Å². The minimum Gasteiger partial charge on any atom is -0.478 e. The zero-order valence-electron chi connectivity index (χ0n) is 29.6. The molecule has 6 aromatic rings. The number of halogens is 2. The molecular formula is C40H30Cl2N4O10S2. The Bertz CT molecular complexity index is 2510. The lowest BCUT2D eigenvalue weighted by atomic mass is 10.1. The Hall–Kier alpha value is -6.72. The summed E-state index contributed by atoms with van der Waals surface area (Å²) in [6.45, 7) is 0. The van der Waals surface area contributed by atoms with Crippen LogP contribution in [0.1, 0.15) is 41.4 Å². The third kappa shape index (κ3) is 11.2. The van der Waals surface area contributed by atoms with E-state index in [1.165, 1.54) is 109 Å². The minimum atomic E-state index is -3.87. The Morgan fingerprint density at radius 3 is 1.05 bits per heavy atom. The van der Waals surface area contributed by atoms with Crippen LogP contribution in [0.25, 0.3) is 0 Å². The first kappa shape index (κ1) is 42.4. The summed E-state index contributed by atoms with van der Waals surface area (Å²) in [4.78, 5) is 46.9. The predicted octanol–water partition coefficient (Wildman–Crippen LogP) is 8.18. The highest BCUT2D eigenvalue weighted by atomic mass is 35.5. The van der Waals surface area contributed by atoms with Crippen LogP contribution in [0.5, 0.6) is 0 Å². The molecule has 6 aromatic carbocycles. The molecule has 14 nitrogen and oxygen atoms in total. The molecule has 18 heteroatoms. The van der Waals surface area contributed by atoms with E-state index in [9.17, 15) is 36.0 Å². The lowest BCUT2D eigenvalue weighted by Gasteiger charge is -2.12. The number of aromatic carboxylic acids is 2. The summed E-state index contributed by atoms with van der Waals surface area (Å²) in [7, 11) is -7.74. The maximum Gasteiger partial charge on any atom is 0.335 e. The molecule has 0 aliphatic carbocycles. The van der Waals surface area contributed by atoms with E-state index in [0.29, 0.717) is 11.4 Å². The quantitative estimate of drug-likeness (QED) is 0.0692. The van der Waals surface area contributed by atoms with Crippen molar-refractivity contribution in [3.63, 3.8) is 0 Å². The van der Waals surface area contributed by atoms with E-state index in [0.717, 1.165) is 0 Å². The second-order valence-corrected chi connectivity index (χ2v) is 16.1. The van der Waals surface area contributed by atoms with E-state index < -0.39 is 43.8 Å². The lowest BCUT2D eigenvalue weighted by molar-refractivity contribution is 0.0686. The van der Waals surface area contributed by atoms with Gasteiger partial charge in [-0.05, 0) is 109 Å². The highest BCUT2D eigenvalue weighted by molar-refractivity contribution is 7.93. The highest BCUT2D eigenvalue weighted by Crippen LogP contribution is 2.28. The van der Waals surface area contributed by atoms with Gasteiger partial charge < -0.3 is 20.8 Å². The molecule has 58 heavy (non-hydrogen) atoms. The fraction of sp³-hybridized carbons (Fsp3) is 0. The van der Waals surface area contributed by atoms with E-state index in [-0.39, 0.29) is 53.5 Å². The molecule has 0 bridgehead atoms. The predicted molar refractivity (Wildman–Crippen MR) is 220 cm³/mol. The van der Waals surface area contributed by atoms with Gasteiger partial charge in [0.25, 0.3) is 31.9 Å². The normalized spacial score (nSPS) is 10.9. The van der Waals surface area contributed by atoms with Gasteiger partial charge in [-0.25, -0.2) is 26.4 Å². The number of anilines is 4. The number of carboxylic acid groups (broad SMARTS) is 2. The Balaban J connectivity index is 0.000000221. The molecule has 6 N–H and O–H groups in total. The first-order valence-corrected chi connectivity index (χ1v) is 20.3. The molecule has 0 spiro atoms. The van der Waals surface area contributed by atoms with Crippen molar-refractivity contribution in [1.82, 2.24) is 0 Å². The molecule has 0 atom stereocenters. The maximum absolute atomic E-state index is 12.5. The van der Waals surface area contributed by atoms with Gasteiger partial charge in [0.15, 0.2) is 0 Å². The van der Waals surface area contributed by atoms with Crippen LogP contribution in [0.3, 0.4) is 0 Å². The standard InChI is InChI=1S/2C20H15ClN2O5S/c2*21-17-11-8-14(19(24)22-15-9-6-13(7-10-15)20(25)26)12-18(17)23-29(27,28)16-4-2-1-3-5-16/h2*1-12,23H,(H,22,24)(H,25,26). The van der Waals surface area contributed by atoms with E-state index in [2.05, 4.69) is 20.1 Å². The first-order valence-electron chi connectivity index (χ1n) is 16.6. The summed E-state index contributed by atoms with van der Waals surface area (Å²) >= 11 is 12.2. The number of hydrogen-bond donors (Lipinski definition) is 6. The van der Waals surface area contributed by atoms with Crippen molar-refractivity contribution in [2.45, 2.75) is 9.79 Å². The number of rotatable bonds is 12. The van der Waals surface area contributed by atoms with Crippen LogP contribution in [-0.4, -0.2) is 50.8 Å². The molecule has 0 radical (unpaired) electrons. The summed E-state index contributed by atoms with van der Waals surface area (Å²) in [5.41, 5.74) is 1.42. The summed E-state index contributed by atoms with van der Waals surface area (Å²) in [6, 6.07) is 35.1. The van der Waals surface area contributed by atoms with Crippen molar-refractivity contribution in [1.29, 1.82) is 0 Å². The number of carbonyl (C=O) groups excluding carboxylic acids is 2. The van der Waals surface area contributed by atoms with Gasteiger partial charge in [-0.2, -0.15) is 0 Å². The molecule has 296 valence electrons. The number of benzene rings is 6. The number of hydrogen-bond acceptors (Lipinski definition) is 8. The maximum atomic E-state index is 12.5. The summed E-state index contributed by atoms with van der Waals surface area (Å²) < 4.78 is 54.7. The molecule has 0 fully saturated rings. The van der Waals surface area contributed by atoms with Crippen LogP contribution < -0.4 is 20.1 Å². The zero-order valence-corrected chi connectivity index (χ0v) is 32.7. The van der Waals surface area contributed by atoms with Crippen LogP contribution in [0.4, 0.5) is 22.7 Å². The molecule has 0 aliphatic rings. The Morgan fingerprint density at radius 1 is 0.431 bits per heavy atom. The Labute approximate surface area is 342 Å². The molecule has 0 heterocycles. The molecule has 0 saturated heterocycles. The van der Waals surface area contributed by atoms with Gasteiger partial charge in [-0.3, -0.25) is 19.0 Å². The molecule has 2 amide bonds. The molecule has 0 aromatic heterocycles. The lowest BCUT2D eigenvalue weighted by Crippen LogP contribution is -2.15. The van der Waals surface area contributed by atoms with Crippen molar-refractivity contribution in [2.75, 3.05) is 20.1 Å². The van der Waals surface area contributed by atoms with Crippen LogP contribution in [0.2, 0.25) is 10.0 Å². The van der Waals surface area contributed by atoms with E-state index in [1.54, 1.807) is 36.4 Å². The van der Waals surface area contributed by atoms with Crippen molar-refractivity contribution in [3.8, 4) is 0 Å². The molecule has 6 rings (SSSR count). The first-order chi connectivity index (χ1) is 27.5. The van der Waals surface area contributed by atoms with Crippen LogP contribution in [0.15, 0.2) is 155 Å². The average Bonchev–Trinajstić information content (AvgIpc) is 3.20. The Morgan fingerprint density at radius 2 is 0.741 bits per heavy atom.